The third-order valence-electron chi connectivity index (χ3n) is 1.69. The number of Topliss-reactive ketones (excluding diaryl/α,β-unsaturated/α-hetero) is 1. The average molecular weight is 150 g/mol. The lowest BCUT2D eigenvalue weighted by Crippen LogP contribution is -2.56. The maximum absolute atomic E-state index is 10.9. The van der Waals surface area contributed by atoms with E-state index in [0.29, 0.717) is 0 Å². The summed E-state index contributed by atoms with van der Waals surface area (Å²) in [6.07, 6.45) is 0. The second-order valence-electron chi connectivity index (χ2n) is 2.57. The largest absolute Gasteiger partial charge is 0.345 e. The predicted molar refractivity (Wildman–Crippen MR) is 42.8 cm³/mol. The van der Waals surface area contributed by atoms with Crippen molar-refractivity contribution in [1.29, 1.82) is 0 Å². The molecule has 58 valence electrons. The van der Waals surface area contributed by atoms with Crippen LogP contribution >= 0.6 is 0 Å². The molecular weight excluding hydrogens is 138 g/mol. The number of carbonyl (C=O) groups excluding carboxylic acids is 1. The van der Waals surface area contributed by atoms with Crippen molar-refractivity contribution >= 4 is 5.78 Å². The van der Waals surface area contributed by atoms with Gasteiger partial charge < -0.3 is 5.73 Å². The molecule has 1 aromatic rings. The Labute approximate surface area is 66.0 Å². The number of ketones is 1. The van der Waals surface area contributed by atoms with E-state index in [0.717, 1.165) is 5.56 Å². The van der Waals surface area contributed by atoms with Gasteiger partial charge in [-0.2, -0.15) is 0 Å². The minimum absolute atomic E-state index is 0.108. The van der Waals surface area contributed by atoms with Gasteiger partial charge in [0.05, 0.1) is 0 Å². The molecule has 0 spiro atoms. The van der Waals surface area contributed by atoms with E-state index in [1.165, 1.54) is 0 Å². The van der Waals surface area contributed by atoms with Gasteiger partial charge >= 0.3 is 0 Å². The van der Waals surface area contributed by atoms with Crippen molar-refractivity contribution in [3.63, 3.8) is 0 Å². The molecule has 11 heavy (non-hydrogen) atoms. The van der Waals surface area contributed by atoms with E-state index in [-0.39, 0.29) is 11.8 Å². The maximum atomic E-state index is 10.9. The van der Waals surface area contributed by atoms with E-state index < -0.39 is 0 Å². The van der Waals surface area contributed by atoms with Crippen molar-refractivity contribution in [3.8, 4) is 0 Å². The Hall–Kier alpha value is -1.15. The highest BCUT2D eigenvalue weighted by molar-refractivity contribution is 5.81. The number of benzene rings is 1. The van der Waals surface area contributed by atoms with Gasteiger partial charge in [0, 0.05) is 12.5 Å². The summed E-state index contributed by atoms with van der Waals surface area (Å²) in [5.41, 5.74) is 4.74. The van der Waals surface area contributed by atoms with Crippen molar-refractivity contribution in [2.24, 2.45) is 0 Å². The van der Waals surface area contributed by atoms with Crippen molar-refractivity contribution < 1.29 is 10.5 Å². The molecule has 1 aromatic carbocycles. The summed E-state index contributed by atoms with van der Waals surface area (Å²) in [6, 6.07) is 9.37. The molecular formula is C9H12NO+. The van der Waals surface area contributed by atoms with E-state index in [1.54, 1.807) is 6.92 Å². The Morgan fingerprint density at radius 3 is 2.36 bits per heavy atom. The second-order valence-corrected chi connectivity index (χ2v) is 2.57. The van der Waals surface area contributed by atoms with Gasteiger partial charge in [0.2, 0.25) is 0 Å². The zero-order chi connectivity index (χ0) is 8.27. The summed E-state index contributed by atoms with van der Waals surface area (Å²) < 4.78 is 0. The predicted octanol–water partition coefficient (Wildman–Crippen LogP) is 0.559. The molecule has 0 bridgehead atoms. The standard InChI is InChI=1S/C9H11NO/c1-7(11)9(10)8-5-3-2-4-6-8/h2-6,9H,10H2,1H3/p+1/t9-/m1/s1. The molecule has 0 amide bonds. The van der Waals surface area contributed by atoms with E-state index in [9.17, 15) is 4.79 Å². The van der Waals surface area contributed by atoms with E-state index in [1.807, 2.05) is 30.3 Å². The number of hydrogen-bond donors (Lipinski definition) is 1. The van der Waals surface area contributed by atoms with Crippen molar-refractivity contribution in [2.45, 2.75) is 13.0 Å². The first-order valence-electron chi connectivity index (χ1n) is 3.60. The lowest BCUT2D eigenvalue weighted by molar-refractivity contribution is -0.408. The van der Waals surface area contributed by atoms with Crippen LogP contribution in [-0.4, -0.2) is 5.78 Å². The molecule has 2 nitrogen and oxygen atoms in total. The summed E-state index contributed by atoms with van der Waals surface area (Å²) in [5.74, 6) is 0.108. The molecule has 0 unspecified atom stereocenters. The fourth-order valence-electron chi connectivity index (χ4n) is 0.920. The molecule has 0 aliphatic carbocycles. The third-order valence-corrected chi connectivity index (χ3v) is 1.69. The molecule has 0 fully saturated rings. The van der Waals surface area contributed by atoms with Gasteiger partial charge in [0.25, 0.3) is 0 Å². The number of quaternary nitrogens is 1. The van der Waals surface area contributed by atoms with Crippen molar-refractivity contribution in [1.82, 2.24) is 0 Å². The lowest BCUT2D eigenvalue weighted by atomic mass is 10.1. The van der Waals surface area contributed by atoms with Crippen LogP contribution in [0.3, 0.4) is 0 Å². The van der Waals surface area contributed by atoms with Crippen LogP contribution in [0.4, 0.5) is 0 Å². The van der Waals surface area contributed by atoms with Gasteiger partial charge in [-0.05, 0) is 0 Å². The van der Waals surface area contributed by atoms with Gasteiger partial charge in [-0.15, -0.1) is 0 Å². The highest BCUT2D eigenvalue weighted by Gasteiger charge is 2.12. The van der Waals surface area contributed by atoms with Gasteiger partial charge in [0.15, 0.2) is 11.8 Å². The zero-order valence-electron chi connectivity index (χ0n) is 6.58. The third kappa shape index (κ3) is 1.88. The Bertz CT molecular complexity index is 243. The minimum atomic E-state index is -0.212. The van der Waals surface area contributed by atoms with E-state index in [2.05, 4.69) is 5.73 Å². The lowest BCUT2D eigenvalue weighted by Gasteiger charge is -2.02. The monoisotopic (exact) mass is 150 g/mol. The normalized spacial score (nSPS) is 12.5. The Morgan fingerprint density at radius 2 is 1.91 bits per heavy atom. The zero-order valence-corrected chi connectivity index (χ0v) is 6.58. The average Bonchev–Trinajstić information content (AvgIpc) is 2.05. The Balaban J connectivity index is 2.85. The Morgan fingerprint density at radius 1 is 1.36 bits per heavy atom. The number of hydrogen-bond acceptors (Lipinski definition) is 1. The van der Waals surface area contributed by atoms with Gasteiger partial charge in [0.1, 0.15) is 0 Å². The summed E-state index contributed by atoms with van der Waals surface area (Å²) in [7, 11) is 0. The molecule has 0 saturated heterocycles. The first-order valence-corrected chi connectivity index (χ1v) is 3.60. The van der Waals surface area contributed by atoms with E-state index in [4.69, 9.17) is 0 Å². The summed E-state index contributed by atoms with van der Waals surface area (Å²) in [4.78, 5) is 10.9. The SMILES string of the molecule is CC(=O)[C@@H]([NH3+])c1ccccc1. The summed E-state index contributed by atoms with van der Waals surface area (Å²) >= 11 is 0. The highest BCUT2D eigenvalue weighted by atomic mass is 16.1. The second kappa shape index (κ2) is 3.30. The quantitative estimate of drug-likeness (QED) is 0.657. The molecule has 0 aliphatic heterocycles. The molecule has 1 rings (SSSR count). The van der Waals surface area contributed by atoms with Crippen LogP contribution in [0.5, 0.6) is 0 Å². The van der Waals surface area contributed by atoms with Gasteiger partial charge in [-0.1, -0.05) is 30.3 Å². The van der Waals surface area contributed by atoms with Gasteiger partial charge in [-0.3, -0.25) is 4.79 Å². The molecule has 2 heteroatoms. The summed E-state index contributed by atoms with van der Waals surface area (Å²) in [6.45, 7) is 1.56. The molecule has 0 saturated carbocycles. The minimum Gasteiger partial charge on any atom is -0.345 e. The van der Waals surface area contributed by atoms with Crippen LogP contribution in [-0.2, 0) is 4.79 Å². The Kier molecular flexibility index (Phi) is 2.39. The fraction of sp³-hybridized carbons (Fsp3) is 0.222. The smallest absolute Gasteiger partial charge is 0.191 e. The van der Waals surface area contributed by atoms with E-state index >= 15 is 0 Å². The fourth-order valence-corrected chi connectivity index (χ4v) is 0.920. The molecule has 0 aliphatic rings. The maximum Gasteiger partial charge on any atom is 0.191 e. The van der Waals surface area contributed by atoms with Crippen LogP contribution < -0.4 is 5.73 Å². The molecule has 0 radical (unpaired) electrons. The van der Waals surface area contributed by atoms with Crippen LogP contribution in [0.15, 0.2) is 30.3 Å². The molecule has 3 N–H and O–H groups in total. The topological polar surface area (TPSA) is 44.7 Å². The highest BCUT2D eigenvalue weighted by Crippen LogP contribution is 2.07. The number of carbonyl (C=O) groups is 1. The van der Waals surface area contributed by atoms with Crippen LogP contribution in [0.2, 0.25) is 0 Å². The first kappa shape index (κ1) is 7.95. The molecule has 0 aromatic heterocycles. The number of rotatable bonds is 2. The van der Waals surface area contributed by atoms with Crippen molar-refractivity contribution in [3.05, 3.63) is 35.9 Å². The van der Waals surface area contributed by atoms with Crippen LogP contribution in [0.1, 0.15) is 18.5 Å². The van der Waals surface area contributed by atoms with Crippen LogP contribution in [0, 0.1) is 0 Å². The molecule has 1 atom stereocenters. The van der Waals surface area contributed by atoms with Crippen molar-refractivity contribution in [2.75, 3.05) is 0 Å². The first-order chi connectivity index (χ1) is 5.22. The molecule has 0 heterocycles. The van der Waals surface area contributed by atoms with Gasteiger partial charge in [-0.25, -0.2) is 0 Å². The summed E-state index contributed by atoms with van der Waals surface area (Å²) in [5, 5.41) is 0. The van der Waals surface area contributed by atoms with Crippen LogP contribution in [0.25, 0.3) is 0 Å².